The molecule has 0 fully saturated rings. The highest BCUT2D eigenvalue weighted by molar-refractivity contribution is 5.97. The summed E-state index contributed by atoms with van der Waals surface area (Å²) in [5, 5.41) is 21.5. The van der Waals surface area contributed by atoms with Gasteiger partial charge in [0.2, 0.25) is 0 Å². The Morgan fingerprint density at radius 2 is 1.95 bits per heavy atom. The van der Waals surface area contributed by atoms with Gasteiger partial charge in [-0.3, -0.25) is 4.79 Å². The monoisotopic (exact) mass is 287 g/mol. The number of nitrogens with one attached hydrogen (secondary N) is 1. The van der Waals surface area contributed by atoms with Crippen molar-refractivity contribution in [1.82, 2.24) is 5.32 Å². The summed E-state index contributed by atoms with van der Waals surface area (Å²) in [5.41, 5.74) is 1.82. The summed E-state index contributed by atoms with van der Waals surface area (Å²) in [6.45, 7) is 0.266. The van der Waals surface area contributed by atoms with Crippen molar-refractivity contribution in [1.29, 1.82) is 0 Å². The number of aromatic hydroxyl groups is 1. The number of aliphatic hydroxyl groups is 1. The molecule has 5 heteroatoms. The average molecular weight is 287 g/mol. The van der Waals surface area contributed by atoms with Crippen LogP contribution in [-0.2, 0) is 13.2 Å². The zero-order chi connectivity index (χ0) is 15.2. The fourth-order valence-corrected chi connectivity index (χ4v) is 1.94. The van der Waals surface area contributed by atoms with Gasteiger partial charge in [0.05, 0.1) is 19.3 Å². The number of aliphatic hydroxyl groups excluding tert-OH is 1. The molecule has 0 saturated heterocycles. The fourth-order valence-electron chi connectivity index (χ4n) is 1.94. The highest BCUT2D eigenvalue weighted by Gasteiger charge is 2.12. The number of phenolic OH excluding ortho intramolecular Hbond substituents is 1. The number of methoxy groups -OCH3 is 1. The maximum Gasteiger partial charge on any atom is 0.255 e. The lowest BCUT2D eigenvalue weighted by Gasteiger charge is -2.09. The maximum absolute atomic E-state index is 12.1. The molecule has 0 spiro atoms. The van der Waals surface area contributed by atoms with Crippen LogP contribution in [0.25, 0.3) is 0 Å². The van der Waals surface area contributed by atoms with E-state index >= 15 is 0 Å². The van der Waals surface area contributed by atoms with Crippen molar-refractivity contribution in [3.63, 3.8) is 0 Å². The van der Waals surface area contributed by atoms with E-state index in [0.29, 0.717) is 12.3 Å². The summed E-state index contributed by atoms with van der Waals surface area (Å²) in [7, 11) is 1.49. The van der Waals surface area contributed by atoms with Gasteiger partial charge in [-0.1, -0.05) is 24.3 Å². The molecular formula is C16H17NO4. The van der Waals surface area contributed by atoms with Gasteiger partial charge in [-0.15, -0.1) is 0 Å². The Labute approximate surface area is 122 Å². The Kier molecular flexibility index (Phi) is 4.79. The second kappa shape index (κ2) is 6.76. The molecule has 2 aromatic carbocycles. The summed E-state index contributed by atoms with van der Waals surface area (Å²) in [6.07, 6.45) is 0. The van der Waals surface area contributed by atoms with E-state index in [1.54, 1.807) is 12.1 Å². The molecule has 0 atom stereocenters. The van der Waals surface area contributed by atoms with Gasteiger partial charge >= 0.3 is 0 Å². The van der Waals surface area contributed by atoms with E-state index in [-0.39, 0.29) is 23.8 Å². The molecule has 0 aliphatic heterocycles. The highest BCUT2D eigenvalue weighted by Crippen LogP contribution is 2.22. The molecule has 2 aromatic rings. The van der Waals surface area contributed by atoms with Crippen molar-refractivity contribution < 1.29 is 19.7 Å². The largest absolute Gasteiger partial charge is 0.507 e. The van der Waals surface area contributed by atoms with Gasteiger partial charge in [-0.2, -0.15) is 0 Å². The molecule has 0 radical (unpaired) electrons. The van der Waals surface area contributed by atoms with Crippen molar-refractivity contribution in [3.8, 4) is 11.5 Å². The van der Waals surface area contributed by atoms with Gasteiger partial charge in [0.1, 0.15) is 11.5 Å². The van der Waals surface area contributed by atoms with E-state index in [9.17, 15) is 9.90 Å². The van der Waals surface area contributed by atoms with Gasteiger partial charge in [0.25, 0.3) is 5.91 Å². The Morgan fingerprint density at radius 1 is 1.19 bits per heavy atom. The number of hydrogen-bond acceptors (Lipinski definition) is 4. The molecule has 0 heterocycles. The number of carbonyl (C=O) groups is 1. The molecule has 0 aliphatic carbocycles. The first-order valence-corrected chi connectivity index (χ1v) is 6.48. The molecular weight excluding hydrogens is 270 g/mol. The number of carbonyl (C=O) groups excluding carboxylic acids is 1. The molecule has 0 saturated carbocycles. The third kappa shape index (κ3) is 3.73. The summed E-state index contributed by atoms with van der Waals surface area (Å²) in [5.74, 6) is 0.0124. The van der Waals surface area contributed by atoms with Crippen LogP contribution in [0.5, 0.6) is 11.5 Å². The molecule has 0 bridgehead atoms. The van der Waals surface area contributed by atoms with Crippen LogP contribution in [-0.4, -0.2) is 23.2 Å². The summed E-state index contributed by atoms with van der Waals surface area (Å²) in [4.78, 5) is 12.1. The number of ether oxygens (including phenoxy) is 1. The third-order valence-corrected chi connectivity index (χ3v) is 3.08. The van der Waals surface area contributed by atoms with Crippen LogP contribution in [0.4, 0.5) is 0 Å². The number of hydrogen-bond donors (Lipinski definition) is 3. The highest BCUT2D eigenvalue weighted by atomic mass is 16.5. The molecule has 21 heavy (non-hydrogen) atoms. The van der Waals surface area contributed by atoms with Crippen molar-refractivity contribution >= 4 is 5.91 Å². The number of phenols is 1. The summed E-state index contributed by atoms with van der Waals surface area (Å²) in [6, 6.07) is 11.8. The van der Waals surface area contributed by atoms with E-state index in [1.165, 1.54) is 19.2 Å². The van der Waals surface area contributed by atoms with Crippen molar-refractivity contribution in [2.75, 3.05) is 7.11 Å². The molecule has 0 aliphatic rings. The predicted octanol–water partition coefficient (Wildman–Crippen LogP) is 1.82. The van der Waals surface area contributed by atoms with Gasteiger partial charge in [0, 0.05) is 6.54 Å². The van der Waals surface area contributed by atoms with E-state index < -0.39 is 0 Å². The summed E-state index contributed by atoms with van der Waals surface area (Å²) >= 11 is 0. The Hall–Kier alpha value is -2.53. The van der Waals surface area contributed by atoms with Gasteiger partial charge in [0.15, 0.2) is 0 Å². The second-order valence-corrected chi connectivity index (χ2v) is 4.54. The average Bonchev–Trinajstić information content (AvgIpc) is 2.53. The predicted molar refractivity (Wildman–Crippen MR) is 78.2 cm³/mol. The SMILES string of the molecule is COc1ccc(O)c(C(=O)NCc2cccc(CO)c2)c1. The van der Waals surface area contributed by atoms with E-state index in [2.05, 4.69) is 5.32 Å². The van der Waals surface area contributed by atoms with Crippen molar-refractivity contribution in [2.45, 2.75) is 13.2 Å². The Balaban J connectivity index is 2.07. The van der Waals surface area contributed by atoms with Gasteiger partial charge in [-0.25, -0.2) is 0 Å². The van der Waals surface area contributed by atoms with E-state index in [4.69, 9.17) is 9.84 Å². The van der Waals surface area contributed by atoms with E-state index in [1.807, 2.05) is 18.2 Å². The van der Waals surface area contributed by atoms with Crippen LogP contribution in [0.1, 0.15) is 21.5 Å². The lowest BCUT2D eigenvalue weighted by molar-refractivity contribution is 0.0948. The smallest absolute Gasteiger partial charge is 0.255 e. The molecule has 0 aromatic heterocycles. The molecule has 2 rings (SSSR count). The minimum absolute atomic E-state index is 0.0432. The van der Waals surface area contributed by atoms with Crippen molar-refractivity contribution in [2.24, 2.45) is 0 Å². The van der Waals surface area contributed by atoms with Gasteiger partial charge in [-0.05, 0) is 29.3 Å². The summed E-state index contributed by atoms with van der Waals surface area (Å²) < 4.78 is 5.03. The lowest BCUT2D eigenvalue weighted by Crippen LogP contribution is -2.23. The van der Waals surface area contributed by atoms with Crippen LogP contribution in [0.15, 0.2) is 42.5 Å². The normalized spacial score (nSPS) is 10.2. The van der Waals surface area contributed by atoms with E-state index in [0.717, 1.165) is 11.1 Å². The Bertz CT molecular complexity index is 640. The molecule has 5 nitrogen and oxygen atoms in total. The third-order valence-electron chi connectivity index (χ3n) is 3.08. The standard InChI is InChI=1S/C16H17NO4/c1-21-13-5-6-15(19)14(8-13)16(20)17-9-11-3-2-4-12(7-11)10-18/h2-8,18-19H,9-10H2,1H3,(H,17,20). The topological polar surface area (TPSA) is 78.8 Å². The minimum atomic E-state index is -0.388. The van der Waals surface area contributed by atoms with Crippen LogP contribution in [0.3, 0.4) is 0 Å². The number of amides is 1. The Morgan fingerprint density at radius 3 is 2.67 bits per heavy atom. The molecule has 0 unspecified atom stereocenters. The number of benzene rings is 2. The first-order chi connectivity index (χ1) is 10.1. The maximum atomic E-state index is 12.1. The van der Waals surface area contributed by atoms with Crippen molar-refractivity contribution in [3.05, 3.63) is 59.2 Å². The first kappa shape index (κ1) is 14.9. The van der Waals surface area contributed by atoms with Crippen LogP contribution in [0, 0.1) is 0 Å². The quantitative estimate of drug-likeness (QED) is 0.784. The van der Waals surface area contributed by atoms with Gasteiger partial charge < -0.3 is 20.3 Å². The zero-order valence-corrected chi connectivity index (χ0v) is 11.7. The molecule has 1 amide bonds. The van der Waals surface area contributed by atoms with Crippen LogP contribution in [0.2, 0.25) is 0 Å². The second-order valence-electron chi connectivity index (χ2n) is 4.54. The van der Waals surface area contributed by atoms with Crippen LogP contribution >= 0.6 is 0 Å². The lowest BCUT2D eigenvalue weighted by atomic mass is 10.1. The minimum Gasteiger partial charge on any atom is -0.507 e. The molecule has 3 N–H and O–H groups in total. The molecule has 110 valence electrons. The fraction of sp³-hybridized carbons (Fsp3) is 0.188. The first-order valence-electron chi connectivity index (χ1n) is 6.48. The number of rotatable bonds is 5. The van der Waals surface area contributed by atoms with Crippen LogP contribution < -0.4 is 10.1 Å². The zero-order valence-electron chi connectivity index (χ0n) is 11.7.